The standard InChI is InChI=1S/C15H17O5P/c16-12-9-7-11(8-10-12)3-1-4-13-14(17)5-2-6-15(13)21(18,19)20/h2,5-10,16-17H,1,3-4H2,(H2,18,19,20). The summed E-state index contributed by atoms with van der Waals surface area (Å²) in [6, 6.07) is 11.0. The molecule has 0 aliphatic heterocycles. The molecule has 0 amide bonds. The Bertz CT molecular complexity index is 660. The van der Waals surface area contributed by atoms with Crippen molar-refractivity contribution in [3.05, 3.63) is 53.6 Å². The molecule has 0 radical (unpaired) electrons. The van der Waals surface area contributed by atoms with E-state index < -0.39 is 7.60 Å². The molecular formula is C15H17O5P. The Morgan fingerprint density at radius 3 is 2.19 bits per heavy atom. The van der Waals surface area contributed by atoms with Gasteiger partial charge in [-0.25, -0.2) is 0 Å². The van der Waals surface area contributed by atoms with E-state index >= 15 is 0 Å². The quantitative estimate of drug-likeness (QED) is 0.634. The number of hydrogen-bond acceptors (Lipinski definition) is 3. The minimum absolute atomic E-state index is 0.0958. The molecule has 2 rings (SSSR count). The lowest BCUT2D eigenvalue weighted by molar-refractivity contribution is 0.386. The second kappa shape index (κ2) is 6.31. The first-order valence-corrected chi connectivity index (χ1v) is 8.14. The summed E-state index contributed by atoms with van der Waals surface area (Å²) in [6.45, 7) is 0. The van der Waals surface area contributed by atoms with Gasteiger partial charge in [0, 0.05) is 5.56 Å². The minimum Gasteiger partial charge on any atom is -0.508 e. The highest BCUT2D eigenvalue weighted by Gasteiger charge is 2.22. The first kappa shape index (κ1) is 15.6. The van der Waals surface area contributed by atoms with Crippen LogP contribution in [0.4, 0.5) is 0 Å². The number of phenols is 2. The molecular weight excluding hydrogens is 291 g/mol. The zero-order valence-corrected chi connectivity index (χ0v) is 12.2. The van der Waals surface area contributed by atoms with Crippen LogP contribution in [0.3, 0.4) is 0 Å². The SMILES string of the molecule is O=P(O)(O)c1cccc(O)c1CCCc1ccc(O)cc1. The van der Waals surface area contributed by atoms with Gasteiger partial charge in [-0.05, 0) is 49.1 Å². The fourth-order valence-corrected chi connectivity index (χ4v) is 3.08. The molecule has 0 spiro atoms. The van der Waals surface area contributed by atoms with E-state index in [1.54, 1.807) is 24.3 Å². The fraction of sp³-hybridized carbons (Fsp3) is 0.200. The molecule has 2 aromatic carbocycles. The predicted molar refractivity (Wildman–Crippen MR) is 79.9 cm³/mol. The van der Waals surface area contributed by atoms with Gasteiger partial charge in [0.05, 0.1) is 5.30 Å². The van der Waals surface area contributed by atoms with Crippen molar-refractivity contribution in [2.24, 2.45) is 0 Å². The number of aryl methyl sites for hydroxylation is 1. The molecule has 0 atom stereocenters. The Kier molecular flexibility index (Phi) is 4.68. The molecule has 6 heteroatoms. The topological polar surface area (TPSA) is 98.0 Å². The van der Waals surface area contributed by atoms with Gasteiger partial charge in [-0.3, -0.25) is 4.57 Å². The summed E-state index contributed by atoms with van der Waals surface area (Å²) in [6.07, 6.45) is 1.69. The van der Waals surface area contributed by atoms with Crippen molar-refractivity contribution in [2.45, 2.75) is 19.3 Å². The van der Waals surface area contributed by atoms with Crippen molar-refractivity contribution < 1.29 is 24.6 Å². The lowest BCUT2D eigenvalue weighted by Crippen LogP contribution is -2.11. The molecule has 0 unspecified atom stereocenters. The van der Waals surface area contributed by atoms with Crippen LogP contribution < -0.4 is 5.30 Å². The van der Waals surface area contributed by atoms with Crippen LogP contribution in [-0.2, 0) is 17.4 Å². The molecule has 5 nitrogen and oxygen atoms in total. The smallest absolute Gasteiger partial charge is 0.356 e. The number of rotatable bonds is 5. The maximum Gasteiger partial charge on any atom is 0.356 e. The molecule has 0 saturated heterocycles. The Morgan fingerprint density at radius 2 is 1.57 bits per heavy atom. The van der Waals surface area contributed by atoms with E-state index in [1.807, 2.05) is 0 Å². The third-order valence-electron chi connectivity index (χ3n) is 3.27. The van der Waals surface area contributed by atoms with E-state index in [2.05, 4.69) is 0 Å². The predicted octanol–water partition coefficient (Wildman–Crippen LogP) is 2.08. The molecule has 0 heterocycles. The average Bonchev–Trinajstić information content (AvgIpc) is 2.41. The first-order valence-electron chi connectivity index (χ1n) is 6.53. The number of hydrogen-bond donors (Lipinski definition) is 4. The highest BCUT2D eigenvalue weighted by atomic mass is 31.2. The zero-order valence-electron chi connectivity index (χ0n) is 11.3. The Hall–Kier alpha value is -1.81. The minimum atomic E-state index is -4.39. The van der Waals surface area contributed by atoms with Crippen LogP contribution in [0.25, 0.3) is 0 Å². The van der Waals surface area contributed by atoms with Crippen LogP contribution in [0.2, 0.25) is 0 Å². The highest BCUT2D eigenvalue weighted by Crippen LogP contribution is 2.37. The molecule has 0 bridgehead atoms. The van der Waals surface area contributed by atoms with Gasteiger partial charge in [0.1, 0.15) is 11.5 Å². The van der Waals surface area contributed by atoms with E-state index in [1.165, 1.54) is 18.2 Å². The van der Waals surface area contributed by atoms with Crippen molar-refractivity contribution in [1.82, 2.24) is 0 Å². The van der Waals surface area contributed by atoms with Crippen LogP contribution >= 0.6 is 7.60 Å². The summed E-state index contributed by atoms with van der Waals surface area (Å²) in [5.41, 5.74) is 1.31. The van der Waals surface area contributed by atoms with Crippen LogP contribution in [0, 0.1) is 0 Å². The van der Waals surface area contributed by atoms with Gasteiger partial charge in [-0.1, -0.05) is 18.2 Å². The van der Waals surface area contributed by atoms with Crippen LogP contribution in [0.1, 0.15) is 17.5 Å². The van der Waals surface area contributed by atoms with Crippen molar-refractivity contribution >= 4 is 12.9 Å². The van der Waals surface area contributed by atoms with E-state index in [4.69, 9.17) is 0 Å². The Labute approximate surface area is 122 Å². The summed E-state index contributed by atoms with van der Waals surface area (Å²) in [7, 11) is -4.39. The molecule has 112 valence electrons. The third kappa shape index (κ3) is 4.08. The zero-order chi connectivity index (χ0) is 15.5. The number of aromatic hydroxyl groups is 2. The van der Waals surface area contributed by atoms with Gasteiger partial charge >= 0.3 is 7.60 Å². The van der Waals surface area contributed by atoms with Crippen molar-refractivity contribution in [3.63, 3.8) is 0 Å². The monoisotopic (exact) mass is 308 g/mol. The lowest BCUT2D eigenvalue weighted by Gasteiger charge is -2.12. The van der Waals surface area contributed by atoms with Crippen LogP contribution in [-0.4, -0.2) is 20.0 Å². The maximum absolute atomic E-state index is 11.4. The normalized spacial score (nSPS) is 11.5. The van der Waals surface area contributed by atoms with Gasteiger partial charge in [-0.2, -0.15) is 0 Å². The van der Waals surface area contributed by atoms with Gasteiger partial charge < -0.3 is 20.0 Å². The van der Waals surface area contributed by atoms with Gasteiger partial charge in [0.15, 0.2) is 0 Å². The highest BCUT2D eigenvalue weighted by molar-refractivity contribution is 7.60. The summed E-state index contributed by atoms with van der Waals surface area (Å²) < 4.78 is 11.4. The molecule has 0 aliphatic carbocycles. The molecule has 0 aliphatic rings. The molecule has 0 saturated carbocycles. The van der Waals surface area contributed by atoms with Crippen LogP contribution in [0.5, 0.6) is 11.5 Å². The second-order valence-electron chi connectivity index (χ2n) is 4.84. The summed E-state index contributed by atoms with van der Waals surface area (Å²) >= 11 is 0. The van der Waals surface area contributed by atoms with Gasteiger partial charge in [0.2, 0.25) is 0 Å². The Morgan fingerprint density at radius 1 is 0.905 bits per heavy atom. The largest absolute Gasteiger partial charge is 0.508 e. The van der Waals surface area contributed by atoms with Crippen molar-refractivity contribution in [3.8, 4) is 11.5 Å². The number of benzene rings is 2. The van der Waals surface area contributed by atoms with E-state index in [9.17, 15) is 24.6 Å². The molecule has 4 N–H and O–H groups in total. The van der Waals surface area contributed by atoms with E-state index in [0.717, 1.165) is 5.56 Å². The van der Waals surface area contributed by atoms with Crippen molar-refractivity contribution in [2.75, 3.05) is 0 Å². The Balaban J connectivity index is 2.10. The molecule has 0 aromatic heterocycles. The van der Waals surface area contributed by atoms with Crippen LogP contribution in [0.15, 0.2) is 42.5 Å². The average molecular weight is 308 g/mol. The first-order chi connectivity index (χ1) is 9.88. The summed E-state index contributed by atoms with van der Waals surface area (Å²) in [4.78, 5) is 18.6. The second-order valence-corrected chi connectivity index (χ2v) is 6.41. The van der Waals surface area contributed by atoms with Gasteiger partial charge in [-0.15, -0.1) is 0 Å². The molecule has 21 heavy (non-hydrogen) atoms. The molecule has 0 fully saturated rings. The van der Waals surface area contributed by atoms with E-state index in [0.29, 0.717) is 24.8 Å². The fourth-order valence-electron chi connectivity index (χ4n) is 2.22. The van der Waals surface area contributed by atoms with E-state index in [-0.39, 0.29) is 16.8 Å². The van der Waals surface area contributed by atoms with Crippen molar-refractivity contribution in [1.29, 1.82) is 0 Å². The molecule has 2 aromatic rings. The summed E-state index contributed by atoms with van der Waals surface area (Å²) in [5, 5.41) is 18.9. The summed E-state index contributed by atoms with van der Waals surface area (Å²) in [5.74, 6) is 0.102. The third-order valence-corrected chi connectivity index (χ3v) is 4.32. The maximum atomic E-state index is 11.4. The van der Waals surface area contributed by atoms with Gasteiger partial charge in [0.25, 0.3) is 0 Å². The lowest BCUT2D eigenvalue weighted by atomic mass is 10.0. The number of phenolic OH excluding ortho intramolecular Hbond substituents is 2.